The number of hydrogen-bond acceptors (Lipinski definition) is 5. The van der Waals surface area contributed by atoms with E-state index < -0.39 is 0 Å². The van der Waals surface area contributed by atoms with Gasteiger partial charge in [-0.2, -0.15) is 0 Å². The molecule has 0 bridgehead atoms. The Morgan fingerprint density at radius 2 is 1.97 bits per heavy atom. The molecule has 29 heavy (non-hydrogen) atoms. The van der Waals surface area contributed by atoms with Crippen molar-refractivity contribution >= 4 is 57.3 Å². The molecule has 0 aliphatic rings. The van der Waals surface area contributed by atoms with Gasteiger partial charge >= 0.3 is 0 Å². The highest BCUT2D eigenvalue weighted by atomic mass is 35.5. The third-order valence-electron chi connectivity index (χ3n) is 3.98. The highest BCUT2D eigenvalue weighted by Gasteiger charge is 2.20. The molecular formula is C21H20ClN3O2S2. The van der Waals surface area contributed by atoms with Crippen LogP contribution in [0.15, 0.2) is 58.8 Å². The van der Waals surface area contributed by atoms with Crippen LogP contribution < -0.4 is 10.6 Å². The number of hydrogen-bond donors (Lipinski definition) is 2. The summed E-state index contributed by atoms with van der Waals surface area (Å²) in [6, 6.07) is 14.9. The van der Waals surface area contributed by atoms with Gasteiger partial charge in [0.25, 0.3) is 0 Å². The summed E-state index contributed by atoms with van der Waals surface area (Å²) < 4.78 is 0. The van der Waals surface area contributed by atoms with Gasteiger partial charge in [0, 0.05) is 33.5 Å². The number of thiazole rings is 1. The quantitative estimate of drug-likeness (QED) is 0.442. The van der Waals surface area contributed by atoms with E-state index >= 15 is 0 Å². The number of carbonyl (C=O) groups is 2. The smallest absolute Gasteiger partial charge is 0.239 e. The SMILES string of the molecule is CCC(Sc1cccc(NC(C)=O)c1)C(=O)Nc1nc(-c2ccccc2Cl)cs1. The molecule has 1 aromatic heterocycles. The lowest BCUT2D eigenvalue weighted by molar-refractivity contribution is -0.116. The predicted molar refractivity (Wildman–Crippen MR) is 122 cm³/mol. The molecule has 0 aliphatic carbocycles. The number of benzene rings is 2. The Bertz CT molecular complexity index is 1020. The number of thioether (sulfide) groups is 1. The molecule has 0 aliphatic heterocycles. The third-order valence-corrected chi connectivity index (χ3v) is 6.43. The fourth-order valence-electron chi connectivity index (χ4n) is 2.65. The Balaban J connectivity index is 1.68. The van der Waals surface area contributed by atoms with E-state index in [-0.39, 0.29) is 17.1 Å². The van der Waals surface area contributed by atoms with E-state index in [0.29, 0.717) is 22.3 Å². The average Bonchev–Trinajstić information content (AvgIpc) is 3.14. The summed E-state index contributed by atoms with van der Waals surface area (Å²) >= 11 is 9.05. The monoisotopic (exact) mass is 445 g/mol. The first-order chi connectivity index (χ1) is 14.0. The molecule has 1 unspecified atom stereocenters. The molecule has 2 N–H and O–H groups in total. The Hall–Kier alpha value is -2.35. The highest BCUT2D eigenvalue weighted by molar-refractivity contribution is 8.00. The minimum Gasteiger partial charge on any atom is -0.326 e. The number of anilines is 2. The van der Waals surface area contributed by atoms with Crippen molar-refractivity contribution in [3.8, 4) is 11.3 Å². The maximum atomic E-state index is 12.8. The van der Waals surface area contributed by atoms with Gasteiger partial charge in [0.2, 0.25) is 11.8 Å². The molecule has 1 atom stereocenters. The Morgan fingerprint density at radius 1 is 1.17 bits per heavy atom. The van der Waals surface area contributed by atoms with Crippen LogP contribution in [0.3, 0.4) is 0 Å². The van der Waals surface area contributed by atoms with Crippen LogP contribution in [0.1, 0.15) is 20.3 Å². The summed E-state index contributed by atoms with van der Waals surface area (Å²) in [5.74, 6) is -0.238. The number of aromatic nitrogens is 1. The van der Waals surface area contributed by atoms with E-state index in [1.807, 2.05) is 60.8 Å². The van der Waals surface area contributed by atoms with Crippen LogP contribution in [-0.2, 0) is 9.59 Å². The second-order valence-corrected chi connectivity index (χ2v) is 8.77. The number of nitrogens with one attached hydrogen (secondary N) is 2. The summed E-state index contributed by atoms with van der Waals surface area (Å²) in [5, 5.41) is 8.42. The zero-order valence-electron chi connectivity index (χ0n) is 15.9. The van der Waals surface area contributed by atoms with E-state index in [1.165, 1.54) is 30.0 Å². The highest BCUT2D eigenvalue weighted by Crippen LogP contribution is 2.32. The molecule has 5 nitrogen and oxygen atoms in total. The minimum atomic E-state index is -0.282. The van der Waals surface area contributed by atoms with Gasteiger partial charge in [0.15, 0.2) is 5.13 Å². The maximum Gasteiger partial charge on any atom is 0.239 e. The minimum absolute atomic E-state index is 0.109. The Kier molecular flexibility index (Phi) is 7.30. The van der Waals surface area contributed by atoms with Gasteiger partial charge in [0.05, 0.1) is 10.9 Å². The van der Waals surface area contributed by atoms with Gasteiger partial charge < -0.3 is 10.6 Å². The topological polar surface area (TPSA) is 71.1 Å². The molecule has 0 saturated carbocycles. The Morgan fingerprint density at radius 3 is 2.69 bits per heavy atom. The standard InChI is InChI=1S/C21H20ClN3O2S2/c1-3-19(29-15-8-6-7-14(11-15)23-13(2)26)20(27)25-21-24-18(12-28-21)16-9-4-5-10-17(16)22/h4-12,19H,3H2,1-2H3,(H,23,26)(H,24,25,27). The normalized spacial score (nSPS) is 11.7. The predicted octanol–water partition coefficient (Wildman–Crippen LogP) is 5.93. The average molecular weight is 446 g/mol. The van der Waals surface area contributed by atoms with Crippen LogP contribution in [0.4, 0.5) is 10.8 Å². The van der Waals surface area contributed by atoms with Crippen LogP contribution in [-0.4, -0.2) is 22.0 Å². The van der Waals surface area contributed by atoms with Crippen molar-refractivity contribution in [2.45, 2.75) is 30.4 Å². The van der Waals surface area contributed by atoms with Crippen molar-refractivity contribution in [2.24, 2.45) is 0 Å². The van der Waals surface area contributed by atoms with Crippen LogP contribution in [0.5, 0.6) is 0 Å². The van der Waals surface area contributed by atoms with E-state index in [4.69, 9.17) is 11.6 Å². The van der Waals surface area contributed by atoms with Crippen LogP contribution in [0, 0.1) is 0 Å². The zero-order valence-corrected chi connectivity index (χ0v) is 18.3. The van der Waals surface area contributed by atoms with Crippen LogP contribution in [0.2, 0.25) is 5.02 Å². The molecule has 2 amide bonds. The van der Waals surface area contributed by atoms with Crippen molar-refractivity contribution < 1.29 is 9.59 Å². The first-order valence-corrected chi connectivity index (χ1v) is 11.2. The number of rotatable bonds is 7. The first kappa shape index (κ1) is 21.4. The Labute approximate surface area is 182 Å². The molecule has 3 rings (SSSR count). The summed E-state index contributed by atoms with van der Waals surface area (Å²) in [7, 11) is 0. The van der Waals surface area contributed by atoms with Crippen molar-refractivity contribution in [3.05, 3.63) is 58.9 Å². The number of halogens is 1. The van der Waals surface area contributed by atoms with Crippen molar-refractivity contribution in [2.75, 3.05) is 10.6 Å². The molecule has 0 fully saturated rings. The molecule has 0 radical (unpaired) electrons. The molecule has 150 valence electrons. The van der Waals surface area contributed by atoms with Gasteiger partial charge in [-0.25, -0.2) is 4.98 Å². The lowest BCUT2D eigenvalue weighted by atomic mass is 10.2. The van der Waals surface area contributed by atoms with E-state index in [0.717, 1.165) is 16.2 Å². The lowest BCUT2D eigenvalue weighted by Gasteiger charge is -2.14. The second-order valence-electron chi connectivity index (χ2n) is 6.23. The summed E-state index contributed by atoms with van der Waals surface area (Å²) in [6.45, 7) is 3.43. The van der Waals surface area contributed by atoms with Gasteiger partial charge in [-0.15, -0.1) is 23.1 Å². The molecule has 2 aromatic carbocycles. The lowest BCUT2D eigenvalue weighted by Crippen LogP contribution is -2.24. The van der Waals surface area contributed by atoms with Crippen molar-refractivity contribution in [1.82, 2.24) is 4.98 Å². The van der Waals surface area contributed by atoms with Gasteiger partial charge in [0.1, 0.15) is 0 Å². The van der Waals surface area contributed by atoms with Crippen molar-refractivity contribution in [1.29, 1.82) is 0 Å². The summed E-state index contributed by atoms with van der Waals surface area (Å²) in [6.07, 6.45) is 0.656. The molecule has 0 saturated heterocycles. The second kappa shape index (κ2) is 9.91. The zero-order chi connectivity index (χ0) is 20.8. The van der Waals surface area contributed by atoms with E-state index in [9.17, 15) is 9.59 Å². The molecule has 0 spiro atoms. The van der Waals surface area contributed by atoms with E-state index in [2.05, 4.69) is 15.6 Å². The largest absolute Gasteiger partial charge is 0.326 e. The number of amides is 2. The fourth-order valence-corrected chi connectivity index (χ4v) is 4.61. The van der Waals surface area contributed by atoms with Crippen LogP contribution in [0.25, 0.3) is 11.3 Å². The fraction of sp³-hybridized carbons (Fsp3) is 0.190. The van der Waals surface area contributed by atoms with Crippen LogP contribution >= 0.6 is 34.7 Å². The molecular weight excluding hydrogens is 426 g/mol. The molecule has 8 heteroatoms. The first-order valence-electron chi connectivity index (χ1n) is 9.02. The molecule has 3 aromatic rings. The summed E-state index contributed by atoms with van der Waals surface area (Å²) in [4.78, 5) is 29.4. The van der Waals surface area contributed by atoms with Gasteiger partial charge in [-0.1, -0.05) is 42.8 Å². The maximum absolute atomic E-state index is 12.8. The van der Waals surface area contributed by atoms with Gasteiger partial charge in [-0.3, -0.25) is 9.59 Å². The number of nitrogens with zero attached hydrogens (tertiary/aromatic N) is 1. The molecule has 1 heterocycles. The number of carbonyl (C=O) groups excluding carboxylic acids is 2. The van der Waals surface area contributed by atoms with E-state index in [1.54, 1.807) is 0 Å². The summed E-state index contributed by atoms with van der Waals surface area (Å²) in [5.41, 5.74) is 2.28. The van der Waals surface area contributed by atoms with Gasteiger partial charge in [-0.05, 0) is 30.7 Å². The van der Waals surface area contributed by atoms with Crippen molar-refractivity contribution in [3.63, 3.8) is 0 Å². The third kappa shape index (κ3) is 5.82.